The summed E-state index contributed by atoms with van der Waals surface area (Å²) in [5.41, 5.74) is 1.18. The van der Waals surface area contributed by atoms with Crippen LogP contribution in [-0.2, 0) is 7.05 Å². The first-order valence-corrected chi connectivity index (χ1v) is 6.11. The summed E-state index contributed by atoms with van der Waals surface area (Å²) < 4.78 is 28.2. The van der Waals surface area contributed by atoms with Gasteiger partial charge in [-0.3, -0.25) is 4.68 Å². The van der Waals surface area contributed by atoms with Crippen molar-refractivity contribution in [1.29, 1.82) is 0 Å². The van der Waals surface area contributed by atoms with E-state index in [1.165, 1.54) is 0 Å². The van der Waals surface area contributed by atoms with E-state index in [0.29, 0.717) is 12.8 Å². The lowest BCUT2D eigenvalue weighted by molar-refractivity contribution is -0.0955. The molecule has 1 aliphatic heterocycles. The van der Waals surface area contributed by atoms with E-state index in [0.717, 1.165) is 12.1 Å². The molecule has 1 aliphatic carbocycles. The lowest BCUT2D eigenvalue weighted by atomic mass is 9.62. The molecule has 1 unspecified atom stereocenters. The van der Waals surface area contributed by atoms with Gasteiger partial charge in [0.2, 0.25) is 5.92 Å². The topological polar surface area (TPSA) is 29.9 Å². The molecule has 1 aromatic heterocycles. The zero-order chi connectivity index (χ0) is 12.1. The van der Waals surface area contributed by atoms with E-state index < -0.39 is 5.92 Å². The first kappa shape index (κ1) is 11.1. The molecule has 1 saturated heterocycles. The molecule has 3 rings (SSSR count). The Morgan fingerprint density at radius 2 is 2.06 bits per heavy atom. The predicted octanol–water partition coefficient (Wildman–Crippen LogP) is 2.26. The maximum absolute atomic E-state index is 13.2. The molecule has 0 aromatic carbocycles. The van der Waals surface area contributed by atoms with Crippen molar-refractivity contribution in [3.05, 3.63) is 18.0 Å². The fourth-order valence-electron chi connectivity index (χ4n) is 3.13. The van der Waals surface area contributed by atoms with Crippen molar-refractivity contribution in [2.45, 2.75) is 37.6 Å². The van der Waals surface area contributed by atoms with Crippen LogP contribution >= 0.6 is 0 Å². The van der Waals surface area contributed by atoms with Crippen LogP contribution in [0.15, 0.2) is 12.4 Å². The standard InChI is InChI=1S/C12H17F2N3/c1-17-7-9(6-16-17)10-11(8-15-10)2-4-12(13,14)5-3-11/h6-7,10,15H,2-5,8H2,1H3. The molecule has 5 heteroatoms. The van der Waals surface area contributed by atoms with Gasteiger partial charge < -0.3 is 5.32 Å². The van der Waals surface area contributed by atoms with Crippen molar-refractivity contribution in [3.8, 4) is 0 Å². The van der Waals surface area contributed by atoms with E-state index in [-0.39, 0.29) is 24.3 Å². The smallest absolute Gasteiger partial charge is 0.248 e. The number of halogens is 2. The summed E-state index contributed by atoms with van der Waals surface area (Å²) in [7, 11) is 1.88. The van der Waals surface area contributed by atoms with Crippen LogP contribution in [-0.4, -0.2) is 22.2 Å². The first-order valence-electron chi connectivity index (χ1n) is 6.11. The third-order valence-electron chi connectivity index (χ3n) is 4.31. The largest absolute Gasteiger partial charge is 0.309 e. The van der Waals surface area contributed by atoms with E-state index in [9.17, 15) is 8.78 Å². The molecule has 94 valence electrons. The number of aromatic nitrogens is 2. The SMILES string of the molecule is Cn1cc(C2NCC23CCC(F)(F)CC3)cn1. The van der Waals surface area contributed by atoms with E-state index in [2.05, 4.69) is 10.4 Å². The summed E-state index contributed by atoms with van der Waals surface area (Å²) in [6.07, 6.45) is 5.12. The lowest BCUT2D eigenvalue weighted by Crippen LogP contribution is -2.58. The number of hydrogen-bond donors (Lipinski definition) is 1. The van der Waals surface area contributed by atoms with Crippen molar-refractivity contribution in [2.24, 2.45) is 12.5 Å². The van der Waals surface area contributed by atoms with Crippen molar-refractivity contribution in [1.82, 2.24) is 15.1 Å². The molecule has 0 radical (unpaired) electrons. The maximum atomic E-state index is 13.2. The third kappa shape index (κ3) is 1.76. The van der Waals surface area contributed by atoms with Gasteiger partial charge in [0, 0.05) is 49.7 Å². The van der Waals surface area contributed by atoms with Crippen molar-refractivity contribution < 1.29 is 8.78 Å². The van der Waals surface area contributed by atoms with Gasteiger partial charge in [0.1, 0.15) is 0 Å². The minimum absolute atomic E-state index is 0.0332. The molecule has 0 bridgehead atoms. The molecular weight excluding hydrogens is 224 g/mol. The van der Waals surface area contributed by atoms with Crippen LogP contribution in [0, 0.1) is 5.41 Å². The summed E-state index contributed by atoms with van der Waals surface area (Å²) in [5, 5.41) is 7.52. The zero-order valence-electron chi connectivity index (χ0n) is 9.92. The number of nitrogens with zero attached hydrogens (tertiary/aromatic N) is 2. The Hall–Kier alpha value is -0.970. The Labute approximate surface area is 99.2 Å². The molecular formula is C12H17F2N3. The van der Waals surface area contributed by atoms with Gasteiger partial charge >= 0.3 is 0 Å². The molecule has 1 saturated carbocycles. The Bertz CT molecular complexity index is 417. The van der Waals surface area contributed by atoms with Crippen molar-refractivity contribution in [2.75, 3.05) is 6.54 Å². The number of rotatable bonds is 1. The molecule has 1 atom stereocenters. The highest BCUT2D eigenvalue weighted by Crippen LogP contribution is 2.54. The van der Waals surface area contributed by atoms with E-state index in [4.69, 9.17) is 0 Å². The van der Waals surface area contributed by atoms with Gasteiger partial charge in [-0.25, -0.2) is 8.78 Å². The Kier molecular flexibility index (Phi) is 2.30. The maximum Gasteiger partial charge on any atom is 0.248 e. The van der Waals surface area contributed by atoms with E-state index in [1.807, 2.05) is 19.4 Å². The van der Waals surface area contributed by atoms with Crippen LogP contribution in [0.25, 0.3) is 0 Å². The molecule has 17 heavy (non-hydrogen) atoms. The van der Waals surface area contributed by atoms with Crippen LogP contribution < -0.4 is 5.32 Å². The van der Waals surface area contributed by atoms with Gasteiger partial charge in [-0.15, -0.1) is 0 Å². The van der Waals surface area contributed by atoms with Crippen LogP contribution in [0.3, 0.4) is 0 Å². The summed E-state index contributed by atoms with van der Waals surface area (Å²) >= 11 is 0. The highest BCUT2D eigenvalue weighted by atomic mass is 19.3. The monoisotopic (exact) mass is 241 g/mol. The first-order chi connectivity index (χ1) is 8.01. The second-order valence-corrected chi connectivity index (χ2v) is 5.48. The predicted molar refractivity (Wildman–Crippen MR) is 59.8 cm³/mol. The van der Waals surface area contributed by atoms with Gasteiger partial charge in [-0.2, -0.15) is 5.10 Å². The second-order valence-electron chi connectivity index (χ2n) is 5.48. The fraction of sp³-hybridized carbons (Fsp3) is 0.750. The molecule has 2 heterocycles. The van der Waals surface area contributed by atoms with Gasteiger partial charge in [-0.1, -0.05) is 0 Å². The Morgan fingerprint density at radius 1 is 1.35 bits per heavy atom. The number of hydrogen-bond acceptors (Lipinski definition) is 2. The normalized spacial score (nSPS) is 30.2. The minimum Gasteiger partial charge on any atom is -0.309 e. The summed E-state index contributed by atoms with van der Waals surface area (Å²) in [5.74, 6) is -2.44. The van der Waals surface area contributed by atoms with Crippen LogP contribution in [0.5, 0.6) is 0 Å². The van der Waals surface area contributed by atoms with Gasteiger partial charge in [-0.05, 0) is 12.8 Å². The quantitative estimate of drug-likeness (QED) is 0.817. The van der Waals surface area contributed by atoms with Gasteiger partial charge in [0.05, 0.1) is 6.20 Å². The number of aryl methyl sites for hydroxylation is 1. The average Bonchev–Trinajstić information content (AvgIpc) is 2.63. The summed E-state index contributed by atoms with van der Waals surface area (Å²) in [4.78, 5) is 0. The molecule has 1 aromatic rings. The van der Waals surface area contributed by atoms with Crippen LogP contribution in [0.1, 0.15) is 37.3 Å². The summed E-state index contributed by atoms with van der Waals surface area (Å²) in [6.45, 7) is 0.864. The summed E-state index contributed by atoms with van der Waals surface area (Å²) in [6, 6.07) is 0.215. The van der Waals surface area contributed by atoms with Gasteiger partial charge in [0.25, 0.3) is 0 Å². The Morgan fingerprint density at radius 3 is 2.53 bits per heavy atom. The molecule has 1 spiro atoms. The number of nitrogens with one attached hydrogen (secondary N) is 1. The van der Waals surface area contributed by atoms with Crippen molar-refractivity contribution in [3.63, 3.8) is 0 Å². The van der Waals surface area contributed by atoms with E-state index >= 15 is 0 Å². The van der Waals surface area contributed by atoms with Gasteiger partial charge in [0.15, 0.2) is 0 Å². The third-order valence-corrected chi connectivity index (χ3v) is 4.31. The highest BCUT2D eigenvalue weighted by molar-refractivity contribution is 5.21. The second kappa shape index (κ2) is 3.51. The van der Waals surface area contributed by atoms with Crippen LogP contribution in [0.4, 0.5) is 8.78 Å². The fourth-order valence-corrected chi connectivity index (χ4v) is 3.13. The average molecular weight is 241 g/mol. The highest BCUT2D eigenvalue weighted by Gasteiger charge is 2.52. The molecule has 3 nitrogen and oxygen atoms in total. The van der Waals surface area contributed by atoms with Crippen molar-refractivity contribution >= 4 is 0 Å². The number of alkyl halides is 2. The molecule has 1 N–H and O–H groups in total. The zero-order valence-corrected chi connectivity index (χ0v) is 9.92. The lowest BCUT2D eigenvalue weighted by Gasteiger charge is -2.53. The Balaban J connectivity index is 1.77. The molecule has 2 aliphatic rings. The molecule has 2 fully saturated rings. The minimum atomic E-state index is -2.44. The van der Waals surface area contributed by atoms with E-state index in [1.54, 1.807) is 4.68 Å². The van der Waals surface area contributed by atoms with Crippen LogP contribution in [0.2, 0.25) is 0 Å². The molecule has 0 amide bonds.